The molecule has 0 aromatic heterocycles. The van der Waals surface area contributed by atoms with E-state index in [9.17, 15) is 0 Å². The molecule has 0 amide bonds. The molecule has 6 aromatic rings. The van der Waals surface area contributed by atoms with Crippen LogP contribution in [0.1, 0.15) is 5.56 Å². The largest absolute Gasteiger partial charge is 0.506 e. The molecule has 43 heavy (non-hydrogen) atoms. The van der Waals surface area contributed by atoms with Gasteiger partial charge in [-0.1, -0.05) is 175 Å². The smallest absolute Gasteiger partial charge is 0.291 e. The van der Waals surface area contributed by atoms with E-state index in [1.807, 2.05) is 0 Å². The van der Waals surface area contributed by atoms with Crippen molar-refractivity contribution < 1.29 is 4.39 Å². The molecule has 0 radical (unpaired) electrons. The third kappa shape index (κ3) is 4.74. The third-order valence-corrected chi connectivity index (χ3v) is 9.61. The maximum atomic E-state index is 2.49. The SMILES string of the molecule is C[N+]1(C)CC=C(c2ccc(-c3ccccc3)cc2)[B-]1(c1ccc(-c2ccccc2)cc1)c1ccc(-c2ccccc2)cc1. The van der Waals surface area contributed by atoms with Gasteiger partial charge in [0.25, 0.3) is 6.28 Å². The average Bonchev–Trinajstić information content (AvgIpc) is 3.37. The van der Waals surface area contributed by atoms with Gasteiger partial charge in [0.2, 0.25) is 0 Å². The Labute approximate surface area is 255 Å². The molecule has 1 aliphatic rings. The van der Waals surface area contributed by atoms with Crippen molar-refractivity contribution in [3.63, 3.8) is 0 Å². The van der Waals surface area contributed by atoms with Gasteiger partial charge >= 0.3 is 0 Å². The number of likely N-dealkylation sites (N-methyl/N-ethyl adjacent to an activating group) is 1. The lowest BCUT2D eigenvalue weighted by atomic mass is 9.22. The van der Waals surface area contributed by atoms with E-state index < -0.39 is 6.28 Å². The predicted molar refractivity (Wildman–Crippen MR) is 186 cm³/mol. The molecule has 0 saturated heterocycles. The van der Waals surface area contributed by atoms with Crippen LogP contribution >= 0.6 is 0 Å². The molecule has 7 rings (SSSR count). The second-order valence-corrected chi connectivity index (χ2v) is 12.4. The Morgan fingerprint density at radius 1 is 0.372 bits per heavy atom. The molecule has 0 aliphatic carbocycles. The van der Waals surface area contributed by atoms with Gasteiger partial charge in [0.05, 0.1) is 6.54 Å². The van der Waals surface area contributed by atoms with Crippen molar-refractivity contribution in [1.29, 1.82) is 0 Å². The quantitative estimate of drug-likeness (QED) is 0.182. The summed E-state index contributed by atoms with van der Waals surface area (Å²) in [6.45, 7) is 0.969. The summed E-state index contributed by atoms with van der Waals surface area (Å²) in [5, 5.41) is 0. The van der Waals surface area contributed by atoms with Crippen molar-refractivity contribution in [3.8, 4) is 33.4 Å². The minimum Gasteiger partial charge on any atom is -0.506 e. The van der Waals surface area contributed by atoms with E-state index in [1.54, 1.807) is 0 Å². The van der Waals surface area contributed by atoms with E-state index >= 15 is 0 Å². The molecule has 1 heterocycles. The molecule has 0 atom stereocenters. The zero-order chi connectivity index (χ0) is 29.3. The minimum atomic E-state index is -1.34. The lowest BCUT2D eigenvalue weighted by Gasteiger charge is -2.54. The van der Waals surface area contributed by atoms with Gasteiger partial charge in [-0.25, -0.2) is 0 Å². The Bertz CT molecular complexity index is 1770. The number of hydrogen-bond acceptors (Lipinski definition) is 0. The maximum Gasteiger partial charge on any atom is 0.291 e. The lowest BCUT2D eigenvalue weighted by molar-refractivity contribution is -0.776. The summed E-state index contributed by atoms with van der Waals surface area (Å²) < 4.78 is 0.866. The van der Waals surface area contributed by atoms with Crippen LogP contribution in [-0.2, 0) is 0 Å². The fourth-order valence-electron chi connectivity index (χ4n) is 7.41. The van der Waals surface area contributed by atoms with Crippen molar-refractivity contribution in [3.05, 3.63) is 175 Å². The maximum absolute atomic E-state index is 2.49. The summed E-state index contributed by atoms with van der Waals surface area (Å²) in [5.74, 6) is 0. The highest BCUT2D eigenvalue weighted by molar-refractivity contribution is 7.10. The van der Waals surface area contributed by atoms with E-state index in [0.717, 1.165) is 10.9 Å². The van der Waals surface area contributed by atoms with Crippen molar-refractivity contribution in [2.45, 2.75) is 0 Å². The molecular weight excluding hydrogens is 517 g/mol. The second-order valence-electron chi connectivity index (χ2n) is 12.4. The number of quaternary nitrogens is 1. The van der Waals surface area contributed by atoms with Crippen LogP contribution in [0, 0.1) is 0 Å². The molecule has 6 aromatic carbocycles. The van der Waals surface area contributed by atoms with Crippen molar-refractivity contribution >= 4 is 22.7 Å². The van der Waals surface area contributed by atoms with Crippen LogP contribution in [0.15, 0.2) is 170 Å². The molecule has 0 unspecified atom stereocenters. The Hall–Kier alpha value is -4.92. The Morgan fingerprint density at radius 2 is 0.674 bits per heavy atom. The lowest BCUT2D eigenvalue weighted by Crippen LogP contribution is -2.75. The summed E-state index contributed by atoms with van der Waals surface area (Å²) in [7, 11) is 4.80. The highest BCUT2D eigenvalue weighted by Gasteiger charge is 2.50. The molecule has 0 saturated carbocycles. The number of hydrogen-bond donors (Lipinski definition) is 0. The third-order valence-electron chi connectivity index (χ3n) is 9.61. The summed E-state index contributed by atoms with van der Waals surface area (Å²) in [5.41, 5.74) is 12.9. The Morgan fingerprint density at radius 3 is 1.05 bits per heavy atom. The molecule has 1 nitrogen and oxygen atoms in total. The van der Waals surface area contributed by atoms with Gasteiger partial charge in [-0.05, 0) is 33.4 Å². The first kappa shape index (κ1) is 27.0. The van der Waals surface area contributed by atoms with Gasteiger partial charge in [-0.15, -0.1) is 16.4 Å². The molecule has 1 aliphatic heterocycles. The normalized spacial score (nSPS) is 15.2. The number of nitrogens with zero attached hydrogens (tertiary/aromatic N) is 1. The first-order valence-electron chi connectivity index (χ1n) is 15.2. The van der Waals surface area contributed by atoms with Gasteiger partial charge in [0.15, 0.2) is 0 Å². The van der Waals surface area contributed by atoms with Crippen LogP contribution in [0.2, 0.25) is 0 Å². The van der Waals surface area contributed by atoms with E-state index in [2.05, 4.69) is 184 Å². The topological polar surface area (TPSA) is 0 Å². The molecule has 208 valence electrons. The van der Waals surface area contributed by atoms with Crippen LogP contribution in [0.25, 0.3) is 38.9 Å². The van der Waals surface area contributed by atoms with Crippen LogP contribution in [0.4, 0.5) is 0 Å². The zero-order valence-electron chi connectivity index (χ0n) is 24.9. The van der Waals surface area contributed by atoms with Crippen LogP contribution in [0.5, 0.6) is 0 Å². The zero-order valence-corrected chi connectivity index (χ0v) is 24.9. The highest BCUT2D eigenvalue weighted by Crippen LogP contribution is 2.38. The predicted octanol–water partition coefficient (Wildman–Crippen LogP) is 8.46. The van der Waals surface area contributed by atoms with E-state index in [0.29, 0.717) is 0 Å². The Kier molecular flexibility index (Phi) is 6.93. The van der Waals surface area contributed by atoms with Crippen molar-refractivity contribution in [1.82, 2.24) is 0 Å². The van der Waals surface area contributed by atoms with Gasteiger partial charge < -0.3 is 4.39 Å². The van der Waals surface area contributed by atoms with Crippen LogP contribution in [0.3, 0.4) is 0 Å². The fourth-order valence-corrected chi connectivity index (χ4v) is 7.41. The Balaban J connectivity index is 1.38. The van der Waals surface area contributed by atoms with Crippen LogP contribution < -0.4 is 10.9 Å². The molecule has 0 N–H and O–H groups in total. The molecule has 0 spiro atoms. The molecule has 0 bridgehead atoms. The second kappa shape index (κ2) is 11.1. The van der Waals surface area contributed by atoms with Crippen LogP contribution in [-0.4, -0.2) is 31.3 Å². The summed E-state index contributed by atoms with van der Waals surface area (Å²) in [4.78, 5) is 0. The van der Waals surface area contributed by atoms with Crippen molar-refractivity contribution in [2.75, 3.05) is 20.6 Å². The summed E-state index contributed by atoms with van der Waals surface area (Å²) in [6, 6.07) is 60.0. The number of benzene rings is 6. The minimum absolute atomic E-state index is 0.866. The van der Waals surface area contributed by atoms with Gasteiger partial charge in [0, 0.05) is 14.1 Å². The average molecular weight is 554 g/mol. The highest BCUT2D eigenvalue weighted by atomic mass is 15.3. The summed E-state index contributed by atoms with van der Waals surface area (Å²) in [6.07, 6.45) is 1.15. The monoisotopic (exact) mass is 553 g/mol. The standard InChI is InChI=1S/C41H36BN/c1-43(2)31-30-41(38-20-18-35(19-21-38)32-12-6-3-7-13-32)42(43,39-26-22-36(23-27-39)33-14-8-4-9-15-33)40-28-24-37(25-29-40)34-16-10-5-11-17-34/h3-30H,31H2,1-2H3. The fraction of sp³-hybridized carbons (Fsp3) is 0.0732. The van der Waals surface area contributed by atoms with E-state index in [-0.39, 0.29) is 0 Å². The van der Waals surface area contributed by atoms with Crippen molar-refractivity contribution in [2.24, 2.45) is 0 Å². The summed E-state index contributed by atoms with van der Waals surface area (Å²) >= 11 is 0. The first-order chi connectivity index (χ1) is 21.1. The molecule has 0 fully saturated rings. The number of rotatable bonds is 6. The van der Waals surface area contributed by atoms with E-state index in [4.69, 9.17) is 0 Å². The van der Waals surface area contributed by atoms with Gasteiger partial charge in [-0.3, -0.25) is 0 Å². The van der Waals surface area contributed by atoms with Gasteiger partial charge in [-0.2, -0.15) is 0 Å². The molecular formula is C41H36BN. The van der Waals surface area contributed by atoms with E-state index in [1.165, 1.54) is 55.3 Å². The molecule has 2 heteroatoms. The first-order valence-corrected chi connectivity index (χ1v) is 15.2. The van der Waals surface area contributed by atoms with Gasteiger partial charge in [0.1, 0.15) is 0 Å².